The number of fused-ring (bicyclic) bond motifs is 2. The molecule has 2 bridgehead atoms. The van der Waals surface area contributed by atoms with Gasteiger partial charge in [0.15, 0.2) is 0 Å². The number of aliphatic hydroxyl groups is 1. The Morgan fingerprint density at radius 3 is 2.79 bits per heavy atom. The van der Waals surface area contributed by atoms with Crippen LogP contribution in [0.4, 0.5) is 0 Å². The summed E-state index contributed by atoms with van der Waals surface area (Å²) in [4.78, 5) is 11.3. The molecule has 3 atom stereocenters. The highest BCUT2D eigenvalue weighted by molar-refractivity contribution is 5.87. The van der Waals surface area contributed by atoms with Gasteiger partial charge in [0, 0.05) is 5.57 Å². The van der Waals surface area contributed by atoms with Crippen molar-refractivity contribution in [3.8, 4) is 0 Å². The molecule has 3 unspecified atom stereocenters. The lowest BCUT2D eigenvalue weighted by molar-refractivity contribution is -0.157. The number of hydrogen-bond acceptors (Lipinski definition) is 3. The average Bonchev–Trinajstić information content (AvgIpc) is 2.59. The fourth-order valence-electron chi connectivity index (χ4n) is 2.56. The third kappa shape index (κ3) is 1.46. The minimum absolute atomic E-state index is 0.301. The summed E-state index contributed by atoms with van der Waals surface area (Å²) < 4.78 is 5.22. The van der Waals surface area contributed by atoms with Crippen molar-refractivity contribution in [2.24, 2.45) is 5.92 Å². The predicted octanol–water partition coefficient (Wildman–Crippen LogP) is 1.41. The molecule has 3 nitrogen and oxygen atoms in total. The van der Waals surface area contributed by atoms with Crippen LogP contribution in [0.3, 0.4) is 0 Å². The van der Waals surface area contributed by atoms with E-state index in [1.54, 1.807) is 6.92 Å². The van der Waals surface area contributed by atoms with Gasteiger partial charge in [0.2, 0.25) is 0 Å². The van der Waals surface area contributed by atoms with Crippen molar-refractivity contribution >= 4 is 5.97 Å². The molecule has 2 aliphatic carbocycles. The number of rotatable bonds is 2. The molecule has 1 N–H and O–H groups in total. The Labute approximate surface area is 83.8 Å². The van der Waals surface area contributed by atoms with Crippen molar-refractivity contribution in [1.29, 1.82) is 0 Å². The zero-order valence-electron chi connectivity index (χ0n) is 8.45. The van der Waals surface area contributed by atoms with Crippen molar-refractivity contribution in [3.63, 3.8) is 0 Å². The van der Waals surface area contributed by atoms with Gasteiger partial charge in [-0.05, 0) is 38.5 Å². The van der Waals surface area contributed by atoms with Gasteiger partial charge in [0.05, 0.1) is 0 Å². The predicted molar refractivity (Wildman–Crippen MR) is 51.6 cm³/mol. The molecule has 2 saturated carbocycles. The first-order valence-corrected chi connectivity index (χ1v) is 5.10. The highest BCUT2D eigenvalue weighted by Gasteiger charge is 2.53. The van der Waals surface area contributed by atoms with Gasteiger partial charge in [-0.3, -0.25) is 0 Å². The van der Waals surface area contributed by atoms with Crippen LogP contribution in [0.5, 0.6) is 0 Å². The highest BCUT2D eigenvalue weighted by Crippen LogP contribution is 2.49. The van der Waals surface area contributed by atoms with Gasteiger partial charge in [-0.1, -0.05) is 6.58 Å². The lowest BCUT2D eigenvalue weighted by atomic mass is 9.94. The van der Waals surface area contributed by atoms with Crippen LogP contribution in [0.25, 0.3) is 0 Å². The molecule has 0 aliphatic heterocycles. The SMILES string of the molecule is C=C(C)C(=O)OC1CC2CCC1(O)C2. The Hall–Kier alpha value is -0.830. The quantitative estimate of drug-likeness (QED) is 0.536. The van der Waals surface area contributed by atoms with Gasteiger partial charge in [-0.2, -0.15) is 0 Å². The van der Waals surface area contributed by atoms with Crippen molar-refractivity contribution in [1.82, 2.24) is 0 Å². The molecule has 0 aromatic rings. The summed E-state index contributed by atoms with van der Waals surface area (Å²) in [6.07, 6.45) is 3.14. The highest BCUT2D eigenvalue weighted by atomic mass is 16.6. The molecule has 0 aromatic carbocycles. The Morgan fingerprint density at radius 1 is 1.64 bits per heavy atom. The molecule has 0 amide bonds. The van der Waals surface area contributed by atoms with Crippen LogP contribution < -0.4 is 0 Å². The van der Waals surface area contributed by atoms with Crippen LogP contribution in [-0.2, 0) is 9.53 Å². The molecule has 2 aliphatic rings. The van der Waals surface area contributed by atoms with Crippen molar-refractivity contribution in [2.75, 3.05) is 0 Å². The first kappa shape index (κ1) is 9.71. The second-order valence-corrected chi connectivity index (χ2v) is 4.62. The molecule has 0 saturated heterocycles. The fraction of sp³-hybridized carbons (Fsp3) is 0.727. The largest absolute Gasteiger partial charge is 0.456 e. The lowest BCUT2D eigenvalue weighted by Gasteiger charge is -2.29. The van der Waals surface area contributed by atoms with Crippen LogP contribution >= 0.6 is 0 Å². The smallest absolute Gasteiger partial charge is 0.333 e. The summed E-state index contributed by atoms with van der Waals surface area (Å²) in [5.41, 5.74) is -0.341. The van der Waals surface area contributed by atoms with E-state index in [0.717, 1.165) is 25.7 Å². The molecule has 2 fully saturated rings. The van der Waals surface area contributed by atoms with Crippen LogP contribution in [0.15, 0.2) is 12.2 Å². The zero-order valence-corrected chi connectivity index (χ0v) is 8.45. The zero-order chi connectivity index (χ0) is 10.3. The third-order valence-corrected chi connectivity index (χ3v) is 3.37. The number of carbonyl (C=O) groups excluding carboxylic acids is 1. The number of ether oxygens (including phenoxy) is 1. The van der Waals surface area contributed by atoms with Crippen LogP contribution in [0, 0.1) is 5.92 Å². The van der Waals surface area contributed by atoms with Gasteiger partial charge < -0.3 is 9.84 Å². The van der Waals surface area contributed by atoms with E-state index in [0.29, 0.717) is 11.5 Å². The minimum Gasteiger partial charge on any atom is -0.456 e. The van der Waals surface area contributed by atoms with E-state index in [9.17, 15) is 9.90 Å². The van der Waals surface area contributed by atoms with E-state index >= 15 is 0 Å². The van der Waals surface area contributed by atoms with Gasteiger partial charge >= 0.3 is 5.97 Å². The average molecular weight is 196 g/mol. The maximum absolute atomic E-state index is 11.3. The maximum atomic E-state index is 11.3. The topological polar surface area (TPSA) is 46.5 Å². The standard InChI is InChI=1S/C11H16O3/c1-7(2)10(12)14-9-5-8-3-4-11(9,13)6-8/h8-9,13H,1,3-6H2,2H3. The first-order valence-electron chi connectivity index (χ1n) is 5.10. The van der Waals surface area contributed by atoms with E-state index in [-0.39, 0.29) is 12.1 Å². The molecule has 0 radical (unpaired) electrons. The molecule has 78 valence electrons. The van der Waals surface area contributed by atoms with E-state index in [1.165, 1.54) is 0 Å². The normalized spacial score (nSPS) is 39.9. The Morgan fingerprint density at radius 2 is 2.36 bits per heavy atom. The monoisotopic (exact) mass is 196 g/mol. The summed E-state index contributed by atoms with van der Waals surface area (Å²) in [6.45, 7) is 5.15. The summed E-state index contributed by atoms with van der Waals surface area (Å²) in [6, 6.07) is 0. The van der Waals surface area contributed by atoms with Gasteiger partial charge in [-0.25, -0.2) is 4.79 Å². The summed E-state index contributed by atoms with van der Waals surface area (Å²) in [5.74, 6) is 0.166. The van der Waals surface area contributed by atoms with Gasteiger partial charge in [0.25, 0.3) is 0 Å². The first-order chi connectivity index (χ1) is 6.51. The molecule has 0 heterocycles. The molecule has 0 spiro atoms. The summed E-state index contributed by atoms with van der Waals surface area (Å²) in [7, 11) is 0. The van der Waals surface area contributed by atoms with E-state index in [2.05, 4.69) is 6.58 Å². The van der Waals surface area contributed by atoms with Gasteiger partial charge in [0.1, 0.15) is 11.7 Å². The van der Waals surface area contributed by atoms with Crippen LogP contribution in [0.2, 0.25) is 0 Å². The fourth-order valence-corrected chi connectivity index (χ4v) is 2.56. The number of carbonyl (C=O) groups is 1. The lowest BCUT2D eigenvalue weighted by Crippen LogP contribution is -2.40. The Balaban J connectivity index is 2.00. The second-order valence-electron chi connectivity index (χ2n) is 4.62. The molecule has 3 heteroatoms. The number of hydrogen-bond donors (Lipinski definition) is 1. The van der Waals surface area contributed by atoms with Crippen molar-refractivity contribution in [2.45, 2.75) is 44.3 Å². The van der Waals surface area contributed by atoms with E-state index < -0.39 is 5.60 Å². The third-order valence-electron chi connectivity index (χ3n) is 3.37. The molecule has 14 heavy (non-hydrogen) atoms. The summed E-state index contributed by atoms with van der Waals surface area (Å²) in [5, 5.41) is 10.1. The Kier molecular flexibility index (Phi) is 2.14. The van der Waals surface area contributed by atoms with Crippen LogP contribution in [-0.4, -0.2) is 22.8 Å². The van der Waals surface area contributed by atoms with E-state index in [1.807, 2.05) is 0 Å². The molecular weight excluding hydrogens is 180 g/mol. The van der Waals surface area contributed by atoms with Crippen LogP contribution in [0.1, 0.15) is 32.6 Å². The van der Waals surface area contributed by atoms with Crippen molar-refractivity contribution in [3.05, 3.63) is 12.2 Å². The second kappa shape index (κ2) is 3.09. The summed E-state index contributed by atoms with van der Waals surface area (Å²) >= 11 is 0. The minimum atomic E-state index is -0.740. The maximum Gasteiger partial charge on any atom is 0.333 e. The Bertz CT molecular complexity index is 284. The van der Waals surface area contributed by atoms with Gasteiger partial charge in [-0.15, -0.1) is 0 Å². The molecular formula is C11H16O3. The molecule has 0 aromatic heterocycles. The molecule has 2 rings (SSSR count). The van der Waals surface area contributed by atoms with Crippen molar-refractivity contribution < 1.29 is 14.6 Å². The van der Waals surface area contributed by atoms with E-state index in [4.69, 9.17) is 4.74 Å². The number of esters is 1.